The lowest BCUT2D eigenvalue weighted by Crippen LogP contribution is -2.65. The molecule has 1 aromatic rings. The number of halogens is 1. The summed E-state index contributed by atoms with van der Waals surface area (Å²) in [7, 11) is 6.55. The van der Waals surface area contributed by atoms with Crippen molar-refractivity contribution in [3.05, 3.63) is 34.1 Å². The van der Waals surface area contributed by atoms with Crippen molar-refractivity contribution in [1.29, 1.82) is 0 Å². The summed E-state index contributed by atoms with van der Waals surface area (Å²) in [6.07, 6.45) is 0.129. The lowest BCUT2D eigenvalue weighted by molar-refractivity contribution is -0.153. The number of nitrogens with two attached hydrogens (primary N) is 1. The minimum absolute atomic E-state index is 0.00274. The molecule has 3 aliphatic carbocycles. The summed E-state index contributed by atoms with van der Waals surface area (Å²) in [5.74, 6) is -7.78. The Morgan fingerprint density at radius 1 is 1.18 bits per heavy atom. The summed E-state index contributed by atoms with van der Waals surface area (Å²) in [6, 6.07) is 0.394. The van der Waals surface area contributed by atoms with Gasteiger partial charge >= 0.3 is 0 Å². The Morgan fingerprint density at radius 2 is 1.82 bits per heavy atom. The number of aliphatic hydroxyl groups excluding tert-OH is 2. The first-order valence-electron chi connectivity index (χ1n) is 11.7. The Bertz CT molecular complexity index is 1350. The molecule has 1 aromatic carbocycles. The molecule has 204 valence electrons. The van der Waals surface area contributed by atoms with E-state index in [1.54, 1.807) is 39.2 Å². The summed E-state index contributed by atoms with van der Waals surface area (Å²) >= 11 is 3.04. The van der Waals surface area contributed by atoms with E-state index in [4.69, 9.17) is 5.73 Å². The number of aliphatic hydroxyl groups is 3. The number of likely N-dealkylation sites (N-methyl/N-ethyl adjacent to an activating group) is 1. The van der Waals surface area contributed by atoms with Crippen LogP contribution in [0.5, 0.6) is 5.75 Å². The molecule has 1 saturated carbocycles. The van der Waals surface area contributed by atoms with Gasteiger partial charge < -0.3 is 36.4 Å². The number of aromatic hydroxyl groups is 1. The number of carbonyl (C=O) groups is 4. The molecular weight excluding hydrogens is 564 g/mol. The highest BCUT2D eigenvalue weighted by molar-refractivity contribution is 9.09. The van der Waals surface area contributed by atoms with Gasteiger partial charge in [0.05, 0.1) is 22.6 Å². The zero-order chi connectivity index (χ0) is 28.4. The summed E-state index contributed by atoms with van der Waals surface area (Å²) in [5.41, 5.74) is 2.44. The third-order valence-corrected chi connectivity index (χ3v) is 8.08. The minimum atomic E-state index is -2.72. The Morgan fingerprint density at radius 3 is 2.34 bits per heavy atom. The molecule has 3 unspecified atom stereocenters. The number of anilines is 2. The number of amides is 2. The quantitative estimate of drug-likeness (QED) is 0.158. The number of fused-ring (bicyclic) bond motifs is 3. The van der Waals surface area contributed by atoms with Crippen LogP contribution in [0.15, 0.2) is 23.0 Å². The zero-order valence-electron chi connectivity index (χ0n) is 21.2. The molecule has 7 N–H and O–H groups in total. The molecular formula is C25H29BrN4O8. The number of alkyl halides is 1. The molecule has 0 saturated heterocycles. The number of benzene rings is 1. The van der Waals surface area contributed by atoms with Crippen molar-refractivity contribution in [2.75, 3.05) is 43.7 Å². The van der Waals surface area contributed by atoms with Gasteiger partial charge in [-0.1, -0.05) is 15.9 Å². The van der Waals surface area contributed by atoms with E-state index in [0.29, 0.717) is 11.3 Å². The third-order valence-electron chi connectivity index (χ3n) is 7.57. The normalized spacial score (nSPS) is 26.7. The zero-order valence-corrected chi connectivity index (χ0v) is 22.8. The molecule has 0 radical (unpaired) electrons. The number of primary amides is 1. The molecule has 4 atom stereocenters. The number of nitrogens with zero attached hydrogens (tertiary/aromatic N) is 2. The van der Waals surface area contributed by atoms with Gasteiger partial charge in [0.2, 0.25) is 11.7 Å². The van der Waals surface area contributed by atoms with Crippen LogP contribution in [0.4, 0.5) is 11.4 Å². The smallest absolute Gasteiger partial charge is 0.255 e. The van der Waals surface area contributed by atoms with Crippen LogP contribution >= 0.6 is 15.9 Å². The number of Topliss-reactive ketones (excluding diaryl/α,β-unsaturated/α-hetero) is 2. The molecule has 0 aromatic heterocycles. The van der Waals surface area contributed by atoms with E-state index < -0.39 is 69.7 Å². The van der Waals surface area contributed by atoms with Crippen molar-refractivity contribution < 1.29 is 39.6 Å². The van der Waals surface area contributed by atoms with Crippen LogP contribution in [0.1, 0.15) is 17.5 Å². The second-order valence-corrected chi connectivity index (χ2v) is 10.7. The second kappa shape index (κ2) is 9.40. The van der Waals surface area contributed by atoms with Gasteiger partial charge in [-0.15, -0.1) is 0 Å². The van der Waals surface area contributed by atoms with Gasteiger partial charge in [0, 0.05) is 31.3 Å². The molecule has 13 heteroatoms. The van der Waals surface area contributed by atoms with Crippen molar-refractivity contribution in [2.24, 2.45) is 17.6 Å². The number of hydrogen-bond acceptors (Lipinski definition) is 10. The van der Waals surface area contributed by atoms with Crippen molar-refractivity contribution in [1.82, 2.24) is 4.90 Å². The lowest BCUT2D eigenvalue weighted by atomic mass is 9.57. The van der Waals surface area contributed by atoms with Gasteiger partial charge in [0.25, 0.3) is 5.91 Å². The predicted molar refractivity (Wildman–Crippen MR) is 141 cm³/mol. The molecule has 0 aliphatic heterocycles. The molecule has 12 nitrogen and oxygen atoms in total. The van der Waals surface area contributed by atoms with Gasteiger partial charge in [0.15, 0.2) is 11.4 Å². The molecule has 3 aliphatic rings. The van der Waals surface area contributed by atoms with E-state index in [1.165, 1.54) is 4.90 Å². The maximum Gasteiger partial charge on any atom is 0.255 e. The summed E-state index contributed by atoms with van der Waals surface area (Å²) < 4.78 is 0. The number of carbonyl (C=O) groups excluding carboxylic acids is 4. The number of rotatable bonds is 5. The Hall–Kier alpha value is -3.42. The Balaban J connectivity index is 1.99. The van der Waals surface area contributed by atoms with Crippen molar-refractivity contribution >= 4 is 56.4 Å². The summed E-state index contributed by atoms with van der Waals surface area (Å²) in [6.45, 7) is 0. The van der Waals surface area contributed by atoms with E-state index in [2.05, 4.69) is 21.2 Å². The monoisotopic (exact) mass is 592 g/mol. The molecule has 4 rings (SSSR count). The Kier molecular flexibility index (Phi) is 6.83. The van der Waals surface area contributed by atoms with E-state index in [1.807, 2.05) is 0 Å². The van der Waals surface area contributed by atoms with Gasteiger partial charge in [-0.2, -0.15) is 0 Å². The fraction of sp³-hybridized carbons (Fsp3) is 0.440. The highest BCUT2D eigenvalue weighted by Gasteiger charge is 2.64. The molecule has 0 bridgehead atoms. The maximum atomic E-state index is 13.9. The van der Waals surface area contributed by atoms with Crippen LogP contribution in [0.2, 0.25) is 0 Å². The lowest BCUT2D eigenvalue weighted by Gasteiger charge is -2.50. The van der Waals surface area contributed by atoms with Crippen molar-refractivity contribution in [3.63, 3.8) is 0 Å². The van der Waals surface area contributed by atoms with Gasteiger partial charge in [0.1, 0.15) is 22.8 Å². The SMILES string of the molecule is CN(C)c1cc(NC(=O)CBr)c(O)c2c1CC1CC3[C@H](N(C)C)C(=O)C(C(N)=O)=C(O)C3(O)C(=O)C1=C2O. The largest absolute Gasteiger partial charge is 0.508 e. The van der Waals surface area contributed by atoms with Crippen LogP contribution in [0, 0.1) is 11.8 Å². The molecule has 2 amide bonds. The van der Waals surface area contributed by atoms with Gasteiger partial charge in [-0.25, -0.2) is 0 Å². The molecule has 0 heterocycles. The molecule has 38 heavy (non-hydrogen) atoms. The van der Waals surface area contributed by atoms with E-state index in [-0.39, 0.29) is 35.0 Å². The summed E-state index contributed by atoms with van der Waals surface area (Å²) in [4.78, 5) is 54.4. The van der Waals surface area contributed by atoms with Crippen LogP contribution in [0.25, 0.3) is 5.76 Å². The fourth-order valence-corrected chi connectivity index (χ4v) is 6.11. The van der Waals surface area contributed by atoms with Gasteiger partial charge in [-0.05, 0) is 44.5 Å². The van der Waals surface area contributed by atoms with E-state index in [9.17, 15) is 39.6 Å². The third kappa shape index (κ3) is 3.79. The predicted octanol–water partition coefficient (Wildman–Crippen LogP) is 0.363. The molecule has 1 fully saturated rings. The number of hydrogen-bond donors (Lipinski definition) is 6. The number of phenols is 1. The first-order valence-corrected chi connectivity index (χ1v) is 12.9. The first kappa shape index (κ1) is 27.6. The van der Waals surface area contributed by atoms with Crippen LogP contribution in [-0.4, -0.2) is 93.9 Å². The van der Waals surface area contributed by atoms with Gasteiger partial charge in [-0.3, -0.25) is 24.1 Å². The highest BCUT2D eigenvalue weighted by Crippen LogP contribution is 2.54. The minimum Gasteiger partial charge on any atom is -0.508 e. The average Bonchev–Trinajstić information content (AvgIpc) is 2.82. The number of ketones is 2. The standard InChI is InChI=1S/C25H29BrN4O8/c1-29(2)13-7-12(28-14(31)8-26)19(32)16-10(13)5-9-6-11-18(30(3)4)21(34)17(24(27)37)23(36)25(11,38)22(35)15(9)20(16)33/h7,9,11,18,32-33,36,38H,5-6,8H2,1-4H3,(H2,27,37)(H,28,31)/t9?,11?,18-,25?/m0/s1. The van der Waals surface area contributed by atoms with E-state index in [0.717, 1.165) is 0 Å². The maximum absolute atomic E-state index is 13.9. The fourth-order valence-electron chi connectivity index (χ4n) is 5.97. The van der Waals surface area contributed by atoms with Crippen LogP contribution in [0.3, 0.4) is 0 Å². The van der Waals surface area contributed by atoms with E-state index >= 15 is 0 Å². The van der Waals surface area contributed by atoms with Crippen molar-refractivity contribution in [2.45, 2.75) is 24.5 Å². The summed E-state index contributed by atoms with van der Waals surface area (Å²) in [5, 5.41) is 47.5. The molecule has 0 spiro atoms. The topological polar surface area (TPSA) is 194 Å². The highest BCUT2D eigenvalue weighted by atomic mass is 79.9. The first-order chi connectivity index (χ1) is 17.7. The average molecular weight is 593 g/mol. The van der Waals surface area contributed by atoms with Crippen molar-refractivity contribution in [3.8, 4) is 5.75 Å². The Labute approximate surface area is 226 Å². The number of phenolic OH excluding ortho intramolecular Hbond substituents is 1. The second-order valence-electron chi connectivity index (χ2n) is 10.2. The van der Waals surface area contributed by atoms with Crippen LogP contribution in [-0.2, 0) is 25.6 Å². The van der Waals surface area contributed by atoms with Crippen LogP contribution < -0.4 is 16.0 Å². The number of nitrogens with one attached hydrogen (secondary N) is 1.